The molecule has 2 heterocycles. The monoisotopic (exact) mass is 427 g/mol. The van der Waals surface area contributed by atoms with Crippen LogP contribution < -0.4 is 10.6 Å². The summed E-state index contributed by atoms with van der Waals surface area (Å²) in [4.78, 5) is 25.7. The van der Waals surface area contributed by atoms with Gasteiger partial charge in [0.05, 0.1) is 24.0 Å². The van der Waals surface area contributed by atoms with Crippen molar-refractivity contribution < 1.29 is 14.0 Å². The molecule has 2 aromatic carbocycles. The van der Waals surface area contributed by atoms with E-state index in [4.69, 9.17) is 11.6 Å². The molecule has 0 radical (unpaired) electrons. The molecule has 30 heavy (non-hydrogen) atoms. The number of carbonyl (C=O) groups excluding carboxylic acids is 2. The van der Waals surface area contributed by atoms with Crippen LogP contribution in [0.5, 0.6) is 0 Å². The minimum absolute atomic E-state index is 0.0482. The van der Waals surface area contributed by atoms with Gasteiger partial charge in [0, 0.05) is 16.4 Å². The maximum absolute atomic E-state index is 13.4. The van der Waals surface area contributed by atoms with Gasteiger partial charge < -0.3 is 15.5 Å². The van der Waals surface area contributed by atoms with Gasteiger partial charge in [0.1, 0.15) is 0 Å². The highest BCUT2D eigenvalue weighted by molar-refractivity contribution is 6.32. The highest BCUT2D eigenvalue weighted by Crippen LogP contribution is 2.43. The van der Waals surface area contributed by atoms with Gasteiger partial charge in [-0.25, -0.2) is 4.39 Å². The van der Waals surface area contributed by atoms with E-state index < -0.39 is 22.7 Å². The minimum Gasteiger partial charge on any atom is -0.372 e. The molecule has 0 aromatic heterocycles. The van der Waals surface area contributed by atoms with E-state index in [-0.39, 0.29) is 19.0 Å². The van der Waals surface area contributed by atoms with Crippen molar-refractivity contribution in [2.24, 2.45) is 0 Å². The summed E-state index contributed by atoms with van der Waals surface area (Å²) in [6.45, 7) is 9.28. The molecular weight excluding hydrogens is 405 g/mol. The summed E-state index contributed by atoms with van der Waals surface area (Å²) >= 11 is 6.60. The molecule has 0 spiro atoms. The van der Waals surface area contributed by atoms with Crippen LogP contribution in [-0.4, -0.2) is 29.8 Å². The second-order valence-corrected chi connectivity index (χ2v) is 8.93. The lowest BCUT2D eigenvalue weighted by Gasteiger charge is -2.51. The Bertz CT molecular complexity index is 1090. The van der Waals surface area contributed by atoms with Gasteiger partial charge >= 0.3 is 0 Å². The lowest BCUT2D eigenvalue weighted by atomic mass is 9.80. The van der Waals surface area contributed by atoms with Crippen LogP contribution >= 0.6 is 11.6 Å². The van der Waals surface area contributed by atoms with Crippen LogP contribution in [0.1, 0.15) is 30.5 Å². The van der Waals surface area contributed by atoms with E-state index in [2.05, 4.69) is 17.2 Å². The fourth-order valence-corrected chi connectivity index (χ4v) is 4.51. The molecule has 5 nitrogen and oxygen atoms in total. The van der Waals surface area contributed by atoms with Gasteiger partial charge in [-0.2, -0.15) is 0 Å². The Hall–Kier alpha value is -2.86. The summed E-state index contributed by atoms with van der Waals surface area (Å²) in [5, 5.41) is 7.01. The van der Waals surface area contributed by atoms with E-state index >= 15 is 0 Å². The van der Waals surface area contributed by atoms with Crippen molar-refractivity contribution in [3.8, 4) is 0 Å². The van der Waals surface area contributed by atoms with Crippen molar-refractivity contribution in [2.75, 3.05) is 23.7 Å². The third-order valence-electron chi connectivity index (χ3n) is 6.04. The van der Waals surface area contributed by atoms with Crippen LogP contribution in [0.2, 0.25) is 5.02 Å². The molecule has 0 aliphatic carbocycles. The lowest BCUT2D eigenvalue weighted by molar-refractivity contribution is -0.135. The van der Waals surface area contributed by atoms with Crippen molar-refractivity contribution in [3.63, 3.8) is 0 Å². The van der Waals surface area contributed by atoms with E-state index in [1.54, 1.807) is 0 Å². The van der Waals surface area contributed by atoms with Gasteiger partial charge in [-0.05, 0) is 49.6 Å². The van der Waals surface area contributed by atoms with E-state index in [0.29, 0.717) is 5.02 Å². The van der Waals surface area contributed by atoms with Gasteiger partial charge in [-0.15, -0.1) is 0 Å². The number of halogens is 2. The van der Waals surface area contributed by atoms with Crippen LogP contribution in [0.25, 0.3) is 0 Å². The van der Waals surface area contributed by atoms with E-state index in [9.17, 15) is 14.0 Å². The summed E-state index contributed by atoms with van der Waals surface area (Å²) in [5.74, 6) is -1.76. The van der Waals surface area contributed by atoms with Crippen molar-refractivity contribution in [2.45, 2.75) is 31.7 Å². The Morgan fingerprint density at radius 3 is 2.60 bits per heavy atom. The van der Waals surface area contributed by atoms with Crippen LogP contribution in [0.4, 0.5) is 15.8 Å². The van der Waals surface area contributed by atoms with Crippen LogP contribution in [0, 0.1) is 6.92 Å². The van der Waals surface area contributed by atoms with Gasteiger partial charge in [-0.3, -0.25) is 9.59 Å². The van der Waals surface area contributed by atoms with Crippen molar-refractivity contribution in [1.82, 2.24) is 4.90 Å². The number of aryl methyl sites for hydroxylation is 1. The molecule has 2 aliphatic heterocycles. The molecule has 0 saturated carbocycles. The Labute approximate surface area is 179 Å². The van der Waals surface area contributed by atoms with Crippen LogP contribution in [-0.2, 0) is 20.5 Å². The second kappa shape index (κ2) is 6.84. The normalized spacial score (nSPS) is 18.3. The number of nitrogens with one attached hydrogen (secondary N) is 2. The molecule has 2 aliphatic rings. The molecule has 0 unspecified atom stereocenters. The summed E-state index contributed by atoms with van der Waals surface area (Å²) in [6, 6.07) is 11.4. The predicted molar refractivity (Wildman–Crippen MR) is 116 cm³/mol. The van der Waals surface area contributed by atoms with Crippen LogP contribution in [0.3, 0.4) is 0 Å². The largest absolute Gasteiger partial charge is 0.372 e. The SMILES string of the molecule is C=C(F)C(=O)N1CC(Nc2ccc3c(c2)NC(=O)C3(C)C)(c2cccc(C)c2Cl)C1. The number of benzene rings is 2. The molecule has 2 N–H and O–H groups in total. The van der Waals surface area contributed by atoms with Gasteiger partial charge in [0.25, 0.3) is 5.91 Å². The quantitative estimate of drug-likeness (QED) is 0.706. The first kappa shape index (κ1) is 20.4. The second-order valence-electron chi connectivity index (χ2n) is 8.55. The number of anilines is 2. The fourth-order valence-electron chi connectivity index (χ4n) is 4.20. The first-order valence-corrected chi connectivity index (χ1v) is 10.1. The average Bonchev–Trinajstić information content (AvgIpc) is 2.88. The van der Waals surface area contributed by atoms with Crippen molar-refractivity contribution >= 4 is 34.8 Å². The summed E-state index contributed by atoms with van der Waals surface area (Å²) in [6.07, 6.45) is 0. The number of carbonyl (C=O) groups is 2. The first-order chi connectivity index (χ1) is 14.0. The highest BCUT2D eigenvalue weighted by atomic mass is 35.5. The van der Waals surface area contributed by atoms with E-state index in [1.807, 2.05) is 57.2 Å². The zero-order valence-electron chi connectivity index (χ0n) is 17.1. The maximum atomic E-state index is 13.4. The number of fused-ring (bicyclic) bond motifs is 1. The van der Waals surface area contributed by atoms with Crippen molar-refractivity contribution in [1.29, 1.82) is 0 Å². The average molecular weight is 428 g/mol. The third-order valence-corrected chi connectivity index (χ3v) is 6.54. The van der Waals surface area contributed by atoms with Gasteiger partial charge in [-0.1, -0.05) is 42.4 Å². The molecule has 0 atom stereocenters. The topological polar surface area (TPSA) is 61.4 Å². The first-order valence-electron chi connectivity index (χ1n) is 9.68. The summed E-state index contributed by atoms with van der Waals surface area (Å²) in [7, 11) is 0. The molecular formula is C23H23ClFN3O2. The number of amides is 2. The smallest absolute Gasteiger partial charge is 0.282 e. The summed E-state index contributed by atoms with van der Waals surface area (Å²) < 4.78 is 13.4. The molecule has 7 heteroatoms. The van der Waals surface area contributed by atoms with Crippen molar-refractivity contribution in [3.05, 3.63) is 70.5 Å². The zero-order chi connectivity index (χ0) is 21.8. The minimum atomic E-state index is -0.985. The van der Waals surface area contributed by atoms with E-state index in [1.165, 1.54) is 4.90 Å². The number of hydrogen-bond donors (Lipinski definition) is 2. The molecule has 156 valence electrons. The number of hydrogen-bond acceptors (Lipinski definition) is 3. The Balaban J connectivity index is 1.70. The Kier molecular flexibility index (Phi) is 4.66. The maximum Gasteiger partial charge on any atom is 0.282 e. The molecule has 2 aromatic rings. The molecule has 0 bridgehead atoms. The zero-order valence-corrected chi connectivity index (χ0v) is 17.9. The predicted octanol–water partition coefficient (Wildman–Crippen LogP) is 4.51. The molecule has 4 rings (SSSR count). The third kappa shape index (κ3) is 3.06. The Morgan fingerprint density at radius 1 is 1.23 bits per heavy atom. The lowest BCUT2D eigenvalue weighted by Crippen LogP contribution is -2.65. The molecule has 2 amide bonds. The summed E-state index contributed by atoms with van der Waals surface area (Å²) in [5.41, 5.74) is 2.94. The standard InChI is InChI=1S/C23H23ClFN3O2/c1-13-6-5-7-17(19(13)24)23(11-28(12-23)20(29)14(2)25)27-15-8-9-16-18(10-15)26-21(30)22(16,3)4/h5-10,27H,2,11-12H2,1,3-4H3,(H,26,30). The van der Waals surface area contributed by atoms with E-state index in [0.717, 1.165) is 28.1 Å². The number of likely N-dealkylation sites (tertiary alicyclic amines) is 1. The molecule has 1 fully saturated rings. The fraction of sp³-hybridized carbons (Fsp3) is 0.304. The van der Waals surface area contributed by atoms with Gasteiger partial charge in [0.2, 0.25) is 5.91 Å². The highest BCUT2D eigenvalue weighted by Gasteiger charge is 2.48. The van der Waals surface area contributed by atoms with Crippen LogP contribution in [0.15, 0.2) is 48.8 Å². The number of nitrogens with zero attached hydrogens (tertiary/aromatic N) is 1. The molecule has 1 saturated heterocycles. The Morgan fingerprint density at radius 2 is 1.93 bits per heavy atom. The number of rotatable bonds is 4. The van der Waals surface area contributed by atoms with Gasteiger partial charge in [0.15, 0.2) is 5.83 Å².